The summed E-state index contributed by atoms with van der Waals surface area (Å²) in [5, 5.41) is 17.8. The minimum absolute atomic E-state index is 0.149. The Morgan fingerprint density at radius 1 is 1.40 bits per heavy atom. The van der Waals surface area contributed by atoms with Gasteiger partial charge in [0.15, 0.2) is 0 Å². The van der Waals surface area contributed by atoms with Crippen molar-refractivity contribution in [3.63, 3.8) is 0 Å². The lowest BCUT2D eigenvalue weighted by Crippen LogP contribution is -2.54. The van der Waals surface area contributed by atoms with Crippen LogP contribution in [0.25, 0.3) is 0 Å². The summed E-state index contributed by atoms with van der Waals surface area (Å²) in [7, 11) is 0. The van der Waals surface area contributed by atoms with Gasteiger partial charge in [0.1, 0.15) is 5.54 Å². The lowest BCUT2D eigenvalue weighted by molar-refractivity contribution is -0.145. The van der Waals surface area contributed by atoms with Gasteiger partial charge in [0, 0.05) is 11.5 Å². The zero-order valence-electron chi connectivity index (χ0n) is 8.99. The van der Waals surface area contributed by atoms with Crippen molar-refractivity contribution in [3.8, 4) is 0 Å². The van der Waals surface area contributed by atoms with E-state index in [0.29, 0.717) is 6.42 Å². The monoisotopic (exact) mass is 215 g/mol. The van der Waals surface area contributed by atoms with Gasteiger partial charge in [-0.15, -0.1) is 0 Å². The predicted octanol–water partition coefficient (Wildman–Crippen LogP) is 0.845. The van der Waals surface area contributed by atoms with E-state index in [9.17, 15) is 9.59 Å². The molecule has 0 heterocycles. The second-order valence-corrected chi connectivity index (χ2v) is 3.49. The van der Waals surface area contributed by atoms with Crippen LogP contribution in [0.3, 0.4) is 0 Å². The summed E-state index contributed by atoms with van der Waals surface area (Å²) in [6.45, 7) is 6.69. The lowest BCUT2D eigenvalue weighted by atomic mass is 9.76. The molecule has 0 aliphatic rings. The molecule has 0 spiro atoms. The van der Waals surface area contributed by atoms with Gasteiger partial charge in [0.2, 0.25) is 0 Å². The summed E-state index contributed by atoms with van der Waals surface area (Å²) >= 11 is 0. The number of rotatable bonds is 6. The maximum Gasteiger partial charge on any atom is 0.331 e. The SMILES string of the molecule is C=C(C(=O)O)C(CC)[C@@](N)(CC)C(=O)O. The molecule has 0 saturated carbocycles. The first-order valence-corrected chi connectivity index (χ1v) is 4.75. The van der Waals surface area contributed by atoms with E-state index >= 15 is 0 Å². The van der Waals surface area contributed by atoms with Gasteiger partial charge in [0.05, 0.1) is 0 Å². The molecule has 0 aliphatic carbocycles. The highest BCUT2D eigenvalue weighted by Gasteiger charge is 2.42. The highest BCUT2D eigenvalue weighted by Crippen LogP contribution is 2.28. The van der Waals surface area contributed by atoms with Gasteiger partial charge in [-0.1, -0.05) is 20.4 Å². The molecular weight excluding hydrogens is 198 g/mol. The van der Waals surface area contributed by atoms with Gasteiger partial charge < -0.3 is 15.9 Å². The molecule has 0 fully saturated rings. The molecule has 0 aromatic heterocycles. The Morgan fingerprint density at radius 2 is 1.87 bits per heavy atom. The predicted molar refractivity (Wildman–Crippen MR) is 55.4 cm³/mol. The van der Waals surface area contributed by atoms with Crippen LogP contribution >= 0.6 is 0 Å². The van der Waals surface area contributed by atoms with Crippen LogP contribution in [0.1, 0.15) is 26.7 Å². The molecule has 86 valence electrons. The number of aliphatic carboxylic acids is 2. The van der Waals surface area contributed by atoms with Gasteiger partial charge in [-0.25, -0.2) is 4.79 Å². The van der Waals surface area contributed by atoms with Crippen molar-refractivity contribution in [1.29, 1.82) is 0 Å². The Hall–Kier alpha value is -1.36. The van der Waals surface area contributed by atoms with Gasteiger partial charge in [-0.05, 0) is 12.8 Å². The van der Waals surface area contributed by atoms with E-state index in [1.165, 1.54) is 0 Å². The molecule has 0 aliphatic heterocycles. The Kier molecular flexibility index (Phi) is 4.48. The second-order valence-electron chi connectivity index (χ2n) is 3.49. The summed E-state index contributed by atoms with van der Waals surface area (Å²) in [5.74, 6) is -3.15. The van der Waals surface area contributed by atoms with Crippen molar-refractivity contribution < 1.29 is 19.8 Å². The molecule has 0 rings (SSSR count). The standard InChI is InChI=1S/C10H17NO4/c1-4-7(6(3)8(12)13)10(11,5-2)9(14)15/h7H,3-5,11H2,1-2H3,(H,12,13)(H,14,15)/t7?,10-/m0/s1. The highest BCUT2D eigenvalue weighted by atomic mass is 16.4. The average Bonchev–Trinajstić information content (AvgIpc) is 2.17. The smallest absolute Gasteiger partial charge is 0.331 e. The van der Waals surface area contributed by atoms with Gasteiger partial charge in [0.25, 0.3) is 0 Å². The van der Waals surface area contributed by atoms with E-state index in [0.717, 1.165) is 0 Å². The Labute approximate surface area is 88.6 Å². The molecule has 0 aromatic rings. The Morgan fingerprint density at radius 3 is 2.07 bits per heavy atom. The van der Waals surface area contributed by atoms with Crippen molar-refractivity contribution in [3.05, 3.63) is 12.2 Å². The zero-order chi connectivity index (χ0) is 12.2. The summed E-state index contributed by atoms with van der Waals surface area (Å²) in [5.41, 5.74) is 4.01. The van der Waals surface area contributed by atoms with Gasteiger partial charge in [-0.2, -0.15) is 0 Å². The van der Waals surface area contributed by atoms with Crippen LogP contribution in [-0.2, 0) is 9.59 Å². The van der Waals surface area contributed by atoms with Crippen LogP contribution in [0.5, 0.6) is 0 Å². The van der Waals surface area contributed by atoms with E-state index < -0.39 is 23.4 Å². The number of carboxylic acid groups (broad SMARTS) is 2. The number of carboxylic acids is 2. The molecular formula is C10H17NO4. The van der Waals surface area contributed by atoms with Crippen LogP contribution in [0, 0.1) is 5.92 Å². The molecule has 5 heteroatoms. The fourth-order valence-electron chi connectivity index (χ4n) is 1.62. The fourth-order valence-corrected chi connectivity index (χ4v) is 1.62. The second kappa shape index (κ2) is 4.93. The largest absolute Gasteiger partial charge is 0.480 e. The first kappa shape index (κ1) is 13.6. The van der Waals surface area contributed by atoms with Gasteiger partial charge >= 0.3 is 11.9 Å². The number of hydrogen-bond donors (Lipinski definition) is 3. The summed E-state index contributed by atoms with van der Waals surface area (Å²) in [4.78, 5) is 21.8. The molecule has 2 atom stereocenters. The Bertz CT molecular complexity index is 287. The molecule has 0 aromatic carbocycles. The summed E-state index contributed by atoms with van der Waals surface area (Å²) < 4.78 is 0. The normalized spacial score (nSPS) is 16.5. The van der Waals surface area contributed by atoms with Crippen LogP contribution in [0.15, 0.2) is 12.2 Å². The van der Waals surface area contributed by atoms with Crippen molar-refractivity contribution in [2.24, 2.45) is 11.7 Å². The van der Waals surface area contributed by atoms with E-state index in [2.05, 4.69) is 6.58 Å². The van der Waals surface area contributed by atoms with Crippen molar-refractivity contribution in [2.45, 2.75) is 32.2 Å². The Balaban J connectivity index is 5.18. The molecule has 1 unspecified atom stereocenters. The third-order valence-electron chi connectivity index (χ3n) is 2.71. The summed E-state index contributed by atoms with van der Waals surface area (Å²) in [6.07, 6.45) is 0.495. The van der Waals surface area contributed by atoms with E-state index in [1.807, 2.05) is 0 Å². The summed E-state index contributed by atoms with van der Waals surface area (Å²) in [6, 6.07) is 0. The van der Waals surface area contributed by atoms with E-state index in [-0.39, 0.29) is 12.0 Å². The van der Waals surface area contributed by atoms with Crippen molar-refractivity contribution in [1.82, 2.24) is 0 Å². The van der Waals surface area contributed by atoms with Crippen LogP contribution < -0.4 is 5.73 Å². The minimum Gasteiger partial charge on any atom is -0.480 e. The highest BCUT2D eigenvalue weighted by molar-refractivity contribution is 5.89. The molecule has 0 radical (unpaired) electrons. The fraction of sp³-hybridized carbons (Fsp3) is 0.600. The maximum absolute atomic E-state index is 11.0. The first-order chi connectivity index (χ1) is 6.81. The molecule has 5 nitrogen and oxygen atoms in total. The van der Waals surface area contributed by atoms with Crippen LogP contribution in [0.2, 0.25) is 0 Å². The first-order valence-electron chi connectivity index (χ1n) is 4.75. The lowest BCUT2D eigenvalue weighted by Gasteiger charge is -2.32. The van der Waals surface area contributed by atoms with E-state index in [4.69, 9.17) is 15.9 Å². The molecule has 4 N–H and O–H groups in total. The average molecular weight is 215 g/mol. The van der Waals surface area contributed by atoms with Crippen molar-refractivity contribution >= 4 is 11.9 Å². The maximum atomic E-state index is 11.0. The third kappa shape index (κ3) is 2.56. The van der Waals surface area contributed by atoms with Gasteiger partial charge in [-0.3, -0.25) is 4.79 Å². The molecule has 0 amide bonds. The molecule has 0 bridgehead atoms. The number of hydrogen-bond acceptors (Lipinski definition) is 3. The van der Waals surface area contributed by atoms with Crippen LogP contribution in [0.4, 0.5) is 0 Å². The minimum atomic E-state index is -1.55. The zero-order valence-corrected chi connectivity index (χ0v) is 8.99. The number of nitrogens with two attached hydrogens (primary N) is 1. The topological polar surface area (TPSA) is 101 Å². The quantitative estimate of drug-likeness (QED) is 0.570. The number of carbonyl (C=O) groups is 2. The molecule has 15 heavy (non-hydrogen) atoms. The van der Waals surface area contributed by atoms with Crippen LogP contribution in [-0.4, -0.2) is 27.7 Å². The third-order valence-corrected chi connectivity index (χ3v) is 2.71. The molecule has 0 saturated heterocycles. The van der Waals surface area contributed by atoms with E-state index in [1.54, 1.807) is 13.8 Å². The van der Waals surface area contributed by atoms with Crippen molar-refractivity contribution in [2.75, 3.05) is 0 Å².